The smallest absolute Gasteiger partial charge is 0.289 e. The second kappa shape index (κ2) is 5.31. The third kappa shape index (κ3) is 3.06. The maximum Gasteiger partial charge on any atom is 0.289 e. The number of rotatable bonds is 4. The summed E-state index contributed by atoms with van der Waals surface area (Å²) in [5.74, 6) is 0.104. The van der Waals surface area contributed by atoms with Gasteiger partial charge in [0.15, 0.2) is 0 Å². The lowest BCUT2D eigenvalue weighted by Crippen LogP contribution is -2.40. The zero-order valence-corrected chi connectivity index (χ0v) is 10.4. The number of aromatic nitrogens is 1. The van der Waals surface area contributed by atoms with E-state index in [0.29, 0.717) is 12.6 Å². The minimum Gasteiger partial charge on any atom is -0.351 e. The van der Waals surface area contributed by atoms with Crippen molar-refractivity contribution in [1.29, 1.82) is 0 Å². The maximum atomic E-state index is 11.7. The molecule has 1 aromatic rings. The first-order valence-corrected chi connectivity index (χ1v) is 6.12. The van der Waals surface area contributed by atoms with Gasteiger partial charge < -0.3 is 9.84 Å². The highest BCUT2D eigenvalue weighted by molar-refractivity contribution is 5.91. The summed E-state index contributed by atoms with van der Waals surface area (Å²) in [6.45, 7) is 6.86. The first-order chi connectivity index (χ1) is 8.16. The van der Waals surface area contributed by atoms with Crippen LogP contribution in [-0.2, 0) is 0 Å². The van der Waals surface area contributed by atoms with Crippen molar-refractivity contribution >= 4 is 5.91 Å². The largest absolute Gasteiger partial charge is 0.351 e. The SMILES string of the molecule is Cc1cc(C(=O)NC[C@H](C)N2CCCC2)on1. The molecule has 0 radical (unpaired) electrons. The summed E-state index contributed by atoms with van der Waals surface area (Å²) < 4.78 is 4.91. The average Bonchev–Trinajstić information content (AvgIpc) is 2.95. The molecule has 5 nitrogen and oxygen atoms in total. The topological polar surface area (TPSA) is 58.4 Å². The van der Waals surface area contributed by atoms with Crippen LogP contribution in [0.4, 0.5) is 0 Å². The third-order valence-corrected chi connectivity index (χ3v) is 3.17. The fourth-order valence-electron chi connectivity index (χ4n) is 2.11. The summed E-state index contributed by atoms with van der Waals surface area (Å²) in [7, 11) is 0. The van der Waals surface area contributed by atoms with Crippen LogP contribution in [0.5, 0.6) is 0 Å². The van der Waals surface area contributed by atoms with Gasteiger partial charge in [0, 0.05) is 18.7 Å². The molecule has 1 aliphatic rings. The molecule has 2 rings (SSSR count). The Morgan fingerprint density at radius 1 is 1.59 bits per heavy atom. The van der Waals surface area contributed by atoms with E-state index in [0.717, 1.165) is 18.8 Å². The zero-order valence-electron chi connectivity index (χ0n) is 10.4. The van der Waals surface area contributed by atoms with E-state index >= 15 is 0 Å². The third-order valence-electron chi connectivity index (χ3n) is 3.17. The van der Waals surface area contributed by atoms with E-state index < -0.39 is 0 Å². The second-order valence-electron chi connectivity index (χ2n) is 4.63. The maximum absolute atomic E-state index is 11.7. The van der Waals surface area contributed by atoms with E-state index in [9.17, 15) is 4.79 Å². The summed E-state index contributed by atoms with van der Waals surface area (Å²) in [5, 5.41) is 6.57. The molecule has 0 spiro atoms. The van der Waals surface area contributed by atoms with Crippen molar-refractivity contribution in [2.45, 2.75) is 32.7 Å². The standard InChI is InChI=1S/C12H19N3O2/c1-9-7-11(17-14-9)12(16)13-8-10(2)15-5-3-4-6-15/h7,10H,3-6,8H2,1-2H3,(H,13,16)/t10-/m0/s1. The van der Waals surface area contributed by atoms with E-state index in [4.69, 9.17) is 4.52 Å². The van der Waals surface area contributed by atoms with Gasteiger partial charge in [-0.05, 0) is 39.8 Å². The van der Waals surface area contributed by atoms with E-state index in [-0.39, 0.29) is 11.7 Å². The molecule has 1 amide bonds. The molecule has 1 aliphatic heterocycles. The van der Waals surface area contributed by atoms with Gasteiger partial charge in [-0.25, -0.2) is 0 Å². The van der Waals surface area contributed by atoms with Crippen molar-refractivity contribution in [3.8, 4) is 0 Å². The molecule has 17 heavy (non-hydrogen) atoms. The van der Waals surface area contributed by atoms with Crippen LogP contribution in [0.15, 0.2) is 10.6 Å². The van der Waals surface area contributed by atoms with Crippen molar-refractivity contribution in [3.63, 3.8) is 0 Å². The molecule has 0 bridgehead atoms. The van der Waals surface area contributed by atoms with Gasteiger partial charge in [0.2, 0.25) is 5.76 Å². The number of nitrogens with zero attached hydrogens (tertiary/aromatic N) is 2. The molecule has 5 heteroatoms. The Bertz CT molecular complexity index is 383. The summed E-state index contributed by atoms with van der Waals surface area (Å²) in [6.07, 6.45) is 2.53. The van der Waals surface area contributed by atoms with Crippen LogP contribution in [0, 0.1) is 6.92 Å². The Labute approximate surface area is 101 Å². The van der Waals surface area contributed by atoms with Crippen molar-refractivity contribution < 1.29 is 9.32 Å². The summed E-state index contributed by atoms with van der Waals surface area (Å²) in [4.78, 5) is 14.1. The second-order valence-corrected chi connectivity index (χ2v) is 4.63. The lowest BCUT2D eigenvalue weighted by atomic mass is 10.3. The number of nitrogens with one attached hydrogen (secondary N) is 1. The monoisotopic (exact) mass is 237 g/mol. The quantitative estimate of drug-likeness (QED) is 0.854. The van der Waals surface area contributed by atoms with E-state index in [1.54, 1.807) is 13.0 Å². The minimum absolute atomic E-state index is 0.184. The van der Waals surface area contributed by atoms with Crippen LogP contribution in [0.2, 0.25) is 0 Å². The molecule has 0 saturated carbocycles. The predicted molar refractivity (Wildman–Crippen MR) is 63.8 cm³/mol. The van der Waals surface area contributed by atoms with Crippen molar-refractivity contribution in [1.82, 2.24) is 15.4 Å². The average molecular weight is 237 g/mol. The van der Waals surface area contributed by atoms with Gasteiger partial charge in [0.1, 0.15) is 0 Å². The Morgan fingerprint density at radius 3 is 2.88 bits per heavy atom. The molecule has 2 heterocycles. The van der Waals surface area contributed by atoms with Gasteiger partial charge in [0.05, 0.1) is 5.69 Å². The van der Waals surface area contributed by atoms with E-state index in [1.165, 1.54) is 12.8 Å². The Hall–Kier alpha value is -1.36. The number of hydrogen-bond donors (Lipinski definition) is 1. The molecule has 1 N–H and O–H groups in total. The lowest BCUT2D eigenvalue weighted by molar-refractivity contribution is 0.0903. The number of amides is 1. The molecule has 1 fully saturated rings. The highest BCUT2D eigenvalue weighted by Gasteiger charge is 2.19. The summed E-state index contributed by atoms with van der Waals surface area (Å²) >= 11 is 0. The van der Waals surface area contributed by atoms with Gasteiger partial charge in [-0.3, -0.25) is 9.69 Å². The summed E-state index contributed by atoms with van der Waals surface area (Å²) in [6, 6.07) is 2.03. The Balaban J connectivity index is 1.79. The number of carbonyl (C=O) groups is 1. The van der Waals surface area contributed by atoms with E-state index in [2.05, 4.69) is 22.3 Å². The van der Waals surface area contributed by atoms with Crippen LogP contribution < -0.4 is 5.32 Å². The Kier molecular flexibility index (Phi) is 3.78. The molecular formula is C12H19N3O2. The highest BCUT2D eigenvalue weighted by atomic mass is 16.5. The van der Waals surface area contributed by atoms with Gasteiger partial charge in [-0.1, -0.05) is 5.16 Å². The predicted octanol–water partition coefficient (Wildman–Crippen LogP) is 1.20. The molecule has 0 aliphatic carbocycles. The molecular weight excluding hydrogens is 218 g/mol. The first kappa shape index (κ1) is 12.1. The van der Waals surface area contributed by atoms with Crippen LogP contribution in [0.3, 0.4) is 0 Å². The zero-order chi connectivity index (χ0) is 12.3. The molecule has 1 atom stereocenters. The van der Waals surface area contributed by atoms with Crippen molar-refractivity contribution in [2.75, 3.05) is 19.6 Å². The Morgan fingerprint density at radius 2 is 2.29 bits per heavy atom. The first-order valence-electron chi connectivity index (χ1n) is 6.12. The number of hydrogen-bond acceptors (Lipinski definition) is 4. The van der Waals surface area contributed by atoms with Crippen molar-refractivity contribution in [3.05, 3.63) is 17.5 Å². The lowest BCUT2D eigenvalue weighted by Gasteiger charge is -2.23. The number of likely N-dealkylation sites (tertiary alicyclic amines) is 1. The molecule has 0 unspecified atom stereocenters. The van der Waals surface area contributed by atoms with Crippen LogP contribution in [0.1, 0.15) is 36.0 Å². The van der Waals surface area contributed by atoms with Crippen LogP contribution >= 0.6 is 0 Å². The molecule has 1 saturated heterocycles. The normalized spacial score (nSPS) is 18.2. The number of aryl methyl sites for hydroxylation is 1. The molecule has 0 aromatic carbocycles. The van der Waals surface area contributed by atoms with Gasteiger partial charge in [-0.2, -0.15) is 0 Å². The van der Waals surface area contributed by atoms with E-state index in [1.807, 2.05) is 0 Å². The van der Waals surface area contributed by atoms with Gasteiger partial charge in [0.25, 0.3) is 5.91 Å². The fraction of sp³-hybridized carbons (Fsp3) is 0.667. The van der Waals surface area contributed by atoms with Gasteiger partial charge in [-0.15, -0.1) is 0 Å². The van der Waals surface area contributed by atoms with Crippen LogP contribution in [-0.4, -0.2) is 41.6 Å². The molecule has 94 valence electrons. The minimum atomic E-state index is -0.184. The molecule has 1 aromatic heterocycles. The van der Waals surface area contributed by atoms with Gasteiger partial charge >= 0.3 is 0 Å². The number of carbonyl (C=O) groups excluding carboxylic acids is 1. The fourth-order valence-corrected chi connectivity index (χ4v) is 2.11. The summed E-state index contributed by atoms with van der Waals surface area (Å²) in [5.41, 5.74) is 0.725. The highest BCUT2D eigenvalue weighted by Crippen LogP contribution is 2.11. The van der Waals surface area contributed by atoms with Crippen LogP contribution in [0.25, 0.3) is 0 Å². The van der Waals surface area contributed by atoms with Crippen molar-refractivity contribution in [2.24, 2.45) is 0 Å².